The van der Waals surface area contributed by atoms with Gasteiger partial charge in [0.05, 0.1) is 11.9 Å². The average Bonchev–Trinajstić information content (AvgIpc) is 3.48. The Morgan fingerprint density at radius 2 is 1.91 bits per heavy atom. The number of rotatable bonds is 7. The highest BCUT2D eigenvalue weighted by Gasteiger charge is 2.28. The Morgan fingerprint density at radius 1 is 1.15 bits per heavy atom. The number of hydrogen-bond donors (Lipinski definition) is 1. The molecule has 0 saturated carbocycles. The number of nitrogens with zero attached hydrogens (tertiary/aromatic N) is 5. The fourth-order valence-corrected chi connectivity index (χ4v) is 5.93. The molecule has 3 heterocycles. The first-order valence-corrected chi connectivity index (χ1v) is 13.4. The van der Waals surface area contributed by atoms with E-state index in [4.69, 9.17) is 11.6 Å². The number of aryl methyl sites for hydroxylation is 1. The summed E-state index contributed by atoms with van der Waals surface area (Å²) in [5, 5.41) is 4.86. The van der Waals surface area contributed by atoms with E-state index >= 15 is 0 Å². The minimum atomic E-state index is -3.59. The normalized spacial score (nSPS) is 16.5. The summed E-state index contributed by atoms with van der Waals surface area (Å²) in [5.74, 6) is 0.913. The molecule has 10 heteroatoms. The number of benzene rings is 1. The van der Waals surface area contributed by atoms with Crippen LogP contribution >= 0.6 is 11.6 Å². The van der Waals surface area contributed by atoms with Crippen LogP contribution in [-0.2, 0) is 23.0 Å². The first kappa shape index (κ1) is 23.0. The van der Waals surface area contributed by atoms with Crippen LogP contribution in [0.1, 0.15) is 43.0 Å². The van der Waals surface area contributed by atoms with Crippen LogP contribution < -0.4 is 9.62 Å². The maximum Gasteiger partial charge on any atom is 0.243 e. The number of hydrogen-bond acceptors (Lipinski definition) is 6. The van der Waals surface area contributed by atoms with Crippen LogP contribution in [0.25, 0.3) is 11.6 Å². The third-order valence-corrected chi connectivity index (χ3v) is 8.05. The molecule has 8 nitrogen and oxygen atoms in total. The summed E-state index contributed by atoms with van der Waals surface area (Å²) in [6, 6.07) is 7.72. The Morgan fingerprint density at radius 3 is 2.65 bits per heavy atom. The van der Waals surface area contributed by atoms with Gasteiger partial charge in [0, 0.05) is 48.9 Å². The number of aromatic nitrogens is 4. The smallest absolute Gasteiger partial charge is 0.243 e. The molecule has 1 fully saturated rings. The molecular weight excluding hydrogens is 472 g/mol. The molecule has 0 amide bonds. The van der Waals surface area contributed by atoms with Crippen molar-refractivity contribution in [1.29, 1.82) is 0 Å². The summed E-state index contributed by atoms with van der Waals surface area (Å²) in [5.41, 5.74) is 4.39. The predicted molar refractivity (Wildman–Crippen MR) is 133 cm³/mol. The first-order valence-electron chi connectivity index (χ1n) is 11.5. The summed E-state index contributed by atoms with van der Waals surface area (Å²) in [7, 11) is -3.59. The monoisotopic (exact) mass is 498 g/mol. The van der Waals surface area contributed by atoms with E-state index in [1.165, 1.54) is 11.8 Å². The van der Waals surface area contributed by atoms with E-state index in [1.807, 2.05) is 31.2 Å². The lowest BCUT2D eigenvalue weighted by Gasteiger charge is -2.33. The quantitative estimate of drug-likeness (QED) is 0.533. The van der Waals surface area contributed by atoms with Crippen molar-refractivity contribution in [2.24, 2.45) is 0 Å². The Balaban J connectivity index is 1.26. The Labute approximate surface area is 204 Å². The van der Waals surface area contributed by atoms with Gasteiger partial charge in [0.15, 0.2) is 0 Å². The van der Waals surface area contributed by atoms with Gasteiger partial charge in [0.2, 0.25) is 10.0 Å². The van der Waals surface area contributed by atoms with Gasteiger partial charge in [-0.25, -0.2) is 23.1 Å². The molecule has 2 aliphatic rings. The molecule has 5 rings (SSSR count). The summed E-state index contributed by atoms with van der Waals surface area (Å²) in [6.07, 6.45) is 9.86. The van der Waals surface area contributed by atoms with Crippen molar-refractivity contribution in [2.75, 3.05) is 18.0 Å². The van der Waals surface area contributed by atoms with Gasteiger partial charge >= 0.3 is 0 Å². The SMILES string of the molecule is CCCn1cc(S(=O)(=O)NC2CCN(c3ncnc4c3C=C(c3ccc(Cl)cc3)C4)CC2)cn1. The Kier molecular flexibility index (Phi) is 6.42. The van der Waals surface area contributed by atoms with Crippen LogP contribution in [0.2, 0.25) is 5.02 Å². The lowest BCUT2D eigenvalue weighted by molar-refractivity contribution is 0.458. The van der Waals surface area contributed by atoms with Crippen molar-refractivity contribution in [2.45, 2.75) is 50.1 Å². The predicted octanol–water partition coefficient (Wildman–Crippen LogP) is 3.78. The van der Waals surface area contributed by atoms with Crippen LogP contribution in [0.4, 0.5) is 5.82 Å². The van der Waals surface area contributed by atoms with E-state index in [2.05, 4.69) is 30.8 Å². The highest BCUT2D eigenvalue weighted by Crippen LogP contribution is 2.36. The van der Waals surface area contributed by atoms with Crippen molar-refractivity contribution in [3.63, 3.8) is 0 Å². The molecule has 3 aromatic rings. The Hall–Kier alpha value is -2.75. The number of allylic oxidation sites excluding steroid dienone is 1. The number of nitrogens with one attached hydrogen (secondary N) is 1. The molecule has 1 aromatic carbocycles. The van der Waals surface area contributed by atoms with Crippen molar-refractivity contribution in [3.05, 3.63) is 64.8 Å². The minimum Gasteiger partial charge on any atom is -0.356 e. The molecule has 0 spiro atoms. The molecule has 1 saturated heterocycles. The highest BCUT2D eigenvalue weighted by molar-refractivity contribution is 7.89. The topological polar surface area (TPSA) is 93.0 Å². The fraction of sp³-hybridized carbons (Fsp3) is 0.375. The molecule has 1 aliphatic carbocycles. The lowest BCUT2D eigenvalue weighted by Crippen LogP contribution is -2.45. The zero-order chi connectivity index (χ0) is 23.7. The highest BCUT2D eigenvalue weighted by atomic mass is 35.5. The van der Waals surface area contributed by atoms with E-state index in [-0.39, 0.29) is 10.9 Å². The molecular formula is C24H27ClN6O2S. The third-order valence-electron chi connectivity index (χ3n) is 6.33. The second-order valence-corrected chi connectivity index (χ2v) is 10.9. The Bertz CT molecular complexity index is 1310. The average molecular weight is 499 g/mol. The molecule has 34 heavy (non-hydrogen) atoms. The number of fused-ring (bicyclic) bond motifs is 1. The number of halogens is 1. The minimum absolute atomic E-state index is 0.120. The maximum absolute atomic E-state index is 12.8. The van der Waals surface area contributed by atoms with Crippen LogP contribution in [0.15, 0.2) is 47.9 Å². The van der Waals surface area contributed by atoms with Gasteiger partial charge in [0.25, 0.3) is 0 Å². The van der Waals surface area contributed by atoms with Gasteiger partial charge in [-0.2, -0.15) is 5.10 Å². The molecule has 0 atom stereocenters. The fourth-order valence-electron chi connectivity index (χ4n) is 4.55. The number of sulfonamides is 1. The van der Waals surface area contributed by atoms with Crippen molar-refractivity contribution >= 4 is 39.1 Å². The molecule has 0 bridgehead atoms. The molecule has 0 unspecified atom stereocenters. The van der Waals surface area contributed by atoms with Crippen molar-refractivity contribution in [1.82, 2.24) is 24.5 Å². The van der Waals surface area contributed by atoms with E-state index in [9.17, 15) is 8.42 Å². The first-order chi connectivity index (χ1) is 16.4. The van der Waals surface area contributed by atoms with Gasteiger partial charge in [-0.15, -0.1) is 0 Å². The van der Waals surface area contributed by atoms with Crippen LogP contribution in [0.5, 0.6) is 0 Å². The van der Waals surface area contributed by atoms with E-state index in [0.717, 1.165) is 48.6 Å². The zero-order valence-corrected chi connectivity index (χ0v) is 20.6. The molecule has 0 radical (unpaired) electrons. The van der Waals surface area contributed by atoms with E-state index in [0.29, 0.717) is 24.4 Å². The van der Waals surface area contributed by atoms with Gasteiger partial charge in [-0.1, -0.05) is 30.7 Å². The largest absolute Gasteiger partial charge is 0.356 e. The van der Waals surface area contributed by atoms with Gasteiger partial charge in [-0.3, -0.25) is 4.68 Å². The summed E-state index contributed by atoms with van der Waals surface area (Å²) in [6.45, 7) is 4.17. The van der Waals surface area contributed by atoms with Gasteiger partial charge in [-0.05, 0) is 48.6 Å². The van der Waals surface area contributed by atoms with Crippen LogP contribution in [0.3, 0.4) is 0 Å². The van der Waals surface area contributed by atoms with Crippen LogP contribution in [0, 0.1) is 0 Å². The van der Waals surface area contributed by atoms with Crippen LogP contribution in [-0.4, -0.2) is 47.3 Å². The zero-order valence-electron chi connectivity index (χ0n) is 19.0. The second kappa shape index (κ2) is 9.48. The standard InChI is InChI=1S/C24H27ClN6O2S/c1-2-9-31-15-21(14-28-31)34(32,33)29-20-7-10-30(11-8-20)24-22-12-18(13-23(22)26-16-27-24)17-3-5-19(25)6-4-17/h3-6,12,14-16,20,29H,2,7-11,13H2,1H3. The number of piperidine rings is 1. The molecule has 2 aromatic heterocycles. The summed E-state index contributed by atoms with van der Waals surface area (Å²) < 4.78 is 30.1. The summed E-state index contributed by atoms with van der Waals surface area (Å²) >= 11 is 6.04. The van der Waals surface area contributed by atoms with Crippen molar-refractivity contribution in [3.8, 4) is 0 Å². The van der Waals surface area contributed by atoms with Gasteiger partial charge in [0.1, 0.15) is 17.0 Å². The second-order valence-electron chi connectivity index (χ2n) is 8.73. The molecule has 1 N–H and O–H groups in total. The molecule has 178 valence electrons. The molecule has 1 aliphatic heterocycles. The summed E-state index contributed by atoms with van der Waals surface area (Å²) in [4.78, 5) is 11.5. The lowest BCUT2D eigenvalue weighted by atomic mass is 10.1. The number of anilines is 1. The van der Waals surface area contributed by atoms with E-state index in [1.54, 1.807) is 17.2 Å². The van der Waals surface area contributed by atoms with E-state index < -0.39 is 10.0 Å². The maximum atomic E-state index is 12.8. The van der Waals surface area contributed by atoms with Crippen molar-refractivity contribution < 1.29 is 8.42 Å². The third kappa shape index (κ3) is 4.73. The van der Waals surface area contributed by atoms with Gasteiger partial charge < -0.3 is 4.90 Å².